The van der Waals surface area contributed by atoms with Crippen molar-refractivity contribution in [3.63, 3.8) is 0 Å². The Kier molecular flexibility index (Phi) is 2.73. The standard InChI is InChI=1S/C7H8FNOS/c8-7-3-1-6(2-4-7)5-11(9)10/h1-4H,5,9H2. The Bertz CT molecular complexity index is 260. The van der Waals surface area contributed by atoms with Gasteiger partial charge in [0.2, 0.25) is 0 Å². The first kappa shape index (κ1) is 8.36. The fourth-order valence-electron chi connectivity index (χ4n) is 0.745. The fourth-order valence-corrected chi connectivity index (χ4v) is 1.27. The third-order valence-electron chi connectivity index (χ3n) is 1.22. The Hall–Kier alpha value is -0.740. The van der Waals surface area contributed by atoms with Crippen molar-refractivity contribution in [2.45, 2.75) is 5.75 Å². The largest absolute Gasteiger partial charge is 0.252 e. The molecule has 1 aromatic carbocycles. The summed E-state index contributed by atoms with van der Waals surface area (Å²) >= 11 is 0. The van der Waals surface area contributed by atoms with Crippen molar-refractivity contribution in [1.82, 2.24) is 0 Å². The molecule has 0 aliphatic heterocycles. The van der Waals surface area contributed by atoms with Gasteiger partial charge in [0.05, 0.1) is 16.7 Å². The molecule has 0 bridgehead atoms. The van der Waals surface area contributed by atoms with Gasteiger partial charge in [0.1, 0.15) is 5.82 Å². The molecule has 2 nitrogen and oxygen atoms in total. The van der Waals surface area contributed by atoms with E-state index in [1.165, 1.54) is 12.1 Å². The summed E-state index contributed by atoms with van der Waals surface area (Å²) in [6, 6.07) is 5.78. The molecule has 0 heterocycles. The number of nitrogens with two attached hydrogens (primary N) is 1. The van der Waals surface area contributed by atoms with E-state index in [2.05, 4.69) is 0 Å². The van der Waals surface area contributed by atoms with E-state index < -0.39 is 11.0 Å². The Morgan fingerprint density at radius 3 is 2.36 bits per heavy atom. The van der Waals surface area contributed by atoms with E-state index in [0.29, 0.717) is 0 Å². The smallest absolute Gasteiger partial charge is 0.123 e. The molecule has 1 aromatic rings. The summed E-state index contributed by atoms with van der Waals surface area (Å²) in [7, 11) is -1.35. The second kappa shape index (κ2) is 3.59. The van der Waals surface area contributed by atoms with Crippen molar-refractivity contribution in [2.75, 3.05) is 0 Å². The molecule has 4 heteroatoms. The molecule has 0 aliphatic carbocycles. The zero-order valence-electron chi connectivity index (χ0n) is 5.79. The Balaban J connectivity index is 2.74. The number of halogens is 1. The molecule has 0 saturated carbocycles. The Morgan fingerprint density at radius 1 is 1.36 bits per heavy atom. The van der Waals surface area contributed by atoms with E-state index in [1.54, 1.807) is 12.1 Å². The van der Waals surface area contributed by atoms with E-state index in [1.807, 2.05) is 0 Å². The van der Waals surface area contributed by atoms with Crippen LogP contribution in [0.1, 0.15) is 5.56 Å². The minimum atomic E-state index is -1.35. The monoisotopic (exact) mass is 173 g/mol. The molecule has 0 aliphatic rings. The predicted molar refractivity (Wildman–Crippen MR) is 42.4 cm³/mol. The summed E-state index contributed by atoms with van der Waals surface area (Å²) in [4.78, 5) is 0. The van der Waals surface area contributed by atoms with Gasteiger partial charge >= 0.3 is 0 Å². The third-order valence-corrected chi connectivity index (χ3v) is 1.84. The fraction of sp³-hybridized carbons (Fsp3) is 0.143. The topological polar surface area (TPSA) is 43.1 Å². The highest BCUT2D eigenvalue weighted by molar-refractivity contribution is 7.81. The van der Waals surface area contributed by atoms with Crippen LogP contribution in [-0.4, -0.2) is 4.21 Å². The van der Waals surface area contributed by atoms with Crippen molar-refractivity contribution in [2.24, 2.45) is 5.14 Å². The van der Waals surface area contributed by atoms with Gasteiger partial charge in [-0.25, -0.2) is 8.60 Å². The molecule has 1 unspecified atom stereocenters. The van der Waals surface area contributed by atoms with Crippen LogP contribution >= 0.6 is 0 Å². The van der Waals surface area contributed by atoms with Crippen LogP contribution in [0.4, 0.5) is 4.39 Å². The summed E-state index contributed by atoms with van der Waals surface area (Å²) in [5.74, 6) is -0.0168. The summed E-state index contributed by atoms with van der Waals surface area (Å²) in [5, 5.41) is 5.04. The van der Waals surface area contributed by atoms with Gasteiger partial charge in [-0.05, 0) is 17.7 Å². The summed E-state index contributed by atoms with van der Waals surface area (Å²) in [6.45, 7) is 0. The highest BCUT2D eigenvalue weighted by Crippen LogP contribution is 2.03. The Labute approximate surface area is 66.8 Å². The predicted octanol–water partition coefficient (Wildman–Crippen LogP) is 0.948. The molecule has 2 N–H and O–H groups in total. The van der Waals surface area contributed by atoms with Gasteiger partial charge in [-0.3, -0.25) is 5.14 Å². The summed E-state index contributed by atoms with van der Waals surface area (Å²) in [6.07, 6.45) is 0. The van der Waals surface area contributed by atoms with Crippen LogP contribution < -0.4 is 5.14 Å². The lowest BCUT2D eigenvalue weighted by Gasteiger charge is -1.95. The zero-order valence-corrected chi connectivity index (χ0v) is 6.60. The van der Waals surface area contributed by atoms with E-state index in [-0.39, 0.29) is 11.6 Å². The van der Waals surface area contributed by atoms with E-state index in [4.69, 9.17) is 5.14 Å². The molecule has 0 radical (unpaired) electrons. The minimum Gasteiger partial charge on any atom is -0.252 e. The highest BCUT2D eigenvalue weighted by Gasteiger charge is 1.95. The number of rotatable bonds is 2. The second-order valence-corrected chi connectivity index (χ2v) is 3.20. The molecule has 11 heavy (non-hydrogen) atoms. The quantitative estimate of drug-likeness (QED) is 0.710. The van der Waals surface area contributed by atoms with Crippen molar-refractivity contribution < 1.29 is 8.60 Å². The number of hydrogen-bond donors (Lipinski definition) is 1. The van der Waals surface area contributed by atoms with Crippen LogP contribution in [0.2, 0.25) is 0 Å². The van der Waals surface area contributed by atoms with Crippen molar-refractivity contribution in [3.05, 3.63) is 35.6 Å². The number of benzene rings is 1. The molecule has 60 valence electrons. The molecule has 0 amide bonds. The van der Waals surface area contributed by atoms with Crippen molar-refractivity contribution in [1.29, 1.82) is 0 Å². The van der Waals surface area contributed by atoms with Crippen LogP contribution in [-0.2, 0) is 16.7 Å². The summed E-state index contributed by atoms with van der Waals surface area (Å²) in [5.41, 5.74) is 0.784. The van der Waals surface area contributed by atoms with Gasteiger partial charge in [0.15, 0.2) is 0 Å². The van der Waals surface area contributed by atoms with Crippen molar-refractivity contribution in [3.8, 4) is 0 Å². The first-order valence-electron chi connectivity index (χ1n) is 3.05. The van der Waals surface area contributed by atoms with E-state index >= 15 is 0 Å². The maximum Gasteiger partial charge on any atom is 0.123 e. The Morgan fingerprint density at radius 2 is 1.91 bits per heavy atom. The molecule has 0 aromatic heterocycles. The van der Waals surface area contributed by atoms with Gasteiger partial charge in [0, 0.05) is 0 Å². The minimum absolute atomic E-state index is 0.278. The number of hydrogen-bond acceptors (Lipinski definition) is 1. The maximum atomic E-state index is 12.3. The van der Waals surface area contributed by atoms with Gasteiger partial charge in [0.25, 0.3) is 0 Å². The molecule has 0 saturated heterocycles. The van der Waals surface area contributed by atoms with Crippen molar-refractivity contribution >= 4 is 11.0 Å². The lowest BCUT2D eigenvalue weighted by Crippen LogP contribution is -2.05. The average Bonchev–Trinajstić information content (AvgIpc) is 1.93. The van der Waals surface area contributed by atoms with Crippen LogP contribution in [0.5, 0.6) is 0 Å². The molecular formula is C7H8FNOS. The third kappa shape index (κ3) is 2.78. The highest BCUT2D eigenvalue weighted by atomic mass is 32.2. The average molecular weight is 173 g/mol. The second-order valence-electron chi connectivity index (χ2n) is 2.15. The molecule has 0 fully saturated rings. The summed E-state index contributed by atoms with van der Waals surface area (Å²) < 4.78 is 22.8. The van der Waals surface area contributed by atoms with E-state index in [0.717, 1.165) is 5.56 Å². The first-order valence-corrected chi connectivity index (χ1v) is 4.44. The van der Waals surface area contributed by atoms with Gasteiger partial charge in [-0.2, -0.15) is 0 Å². The van der Waals surface area contributed by atoms with Crippen LogP contribution in [0.15, 0.2) is 24.3 Å². The van der Waals surface area contributed by atoms with Crippen LogP contribution in [0.3, 0.4) is 0 Å². The lowest BCUT2D eigenvalue weighted by atomic mass is 10.2. The van der Waals surface area contributed by atoms with E-state index in [9.17, 15) is 8.60 Å². The molecular weight excluding hydrogens is 165 g/mol. The normalized spacial score (nSPS) is 12.9. The molecule has 1 rings (SSSR count). The van der Waals surface area contributed by atoms with Crippen LogP contribution in [0, 0.1) is 5.82 Å². The lowest BCUT2D eigenvalue weighted by molar-refractivity contribution is 0.627. The zero-order chi connectivity index (χ0) is 8.27. The van der Waals surface area contributed by atoms with Gasteiger partial charge in [-0.1, -0.05) is 12.1 Å². The maximum absolute atomic E-state index is 12.3. The van der Waals surface area contributed by atoms with Gasteiger partial charge in [-0.15, -0.1) is 0 Å². The van der Waals surface area contributed by atoms with Crippen LogP contribution in [0.25, 0.3) is 0 Å². The molecule has 0 spiro atoms. The van der Waals surface area contributed by atoms with Gasteiger partial charge < -0.3 is 0 Å². The first-order chi connectivity index (χ1) is 5.18. The SMILES string of the molecule is NS(=O)Cc1ccc(F)cc1. The molecule has 1 atom stereocenters.